The molecule has 0 saturated carbocycles. The maximum Gasteiger partial charge on any atom is 0.490 e. The molecule has 1 amide bonds. The van der Waals surface area contributed by atoms with Gasteiger partial charge in [-0.1, -0.05) is 12.1 Å². The zero-order valence-electron chi connectivity index (χ0n) is 16.6. The van der Waals surface area contributed by atoms with Gasteiger partial charge in [-0.3, -0.25) is 4.79 Å². The number of halogens is 4. The molecule has 0 aliphatic carbocycles. The van der Waals surface area contributed by atoms with Gasteiger partial charge in [-0.25, -0.2) is 14.2 Å². The highest BCUT2D eigenvalue weighted by Crippen LogP contribution is 2.24. The number of alkyl halides is 3. The van der Waals surface area contributed by atoms with Crippen molar-refractivity contribution in [1.82, 2.24) is 19.9 Å². The van der Waals surface area contributed by atoms with Gasteiger partial charge in [0.1, 0.15) is 11.5 Å². The molecule has 2 aromatic heterocycles. The van der Waals surface area contributed by atoms with Crippen molar-refractivity contribution in [3.63, 3.8) is 0 Å². The molecule has 11 heteroatoms. The van der Waals surface area contributed by atoms with Gasteiger partial charge in [-0.05, 0) is 31.2 Å². The van der Waals surface area contributed by atoms with Crippen molar-refractivity contribution in [2.75, 3.05) is 0 Å². The molecule has 0 spiro atoms. The number of amides is 1. The smallest absolute Gasteiger partial charge is 0.475 e. The number of benzene rings is 1. The minimum absolute atomic E-state index is 0.0511. The first-order valence-electron chi connectivity index (χ1n) is 8.99. The molecule has 0 radical (unpaired) electrons. The van der Waals surface area contributed by atoms with Crippen LogP contribution in [0, 0.1) is 5.82 Å². The average Bonchev–Trinajstić information content (AvgIpc) is 3.31. The van der Waals surface area contributed by atoms with E-state index in [9.17, 15) is 22.4 Å². The number of imidazole rings is 1. The van der Waals surface area contributed by atoms with E-state index in [4.69, 9.17) is 9.90 Å². The van der Waals surface area contributed by atoms with E-state index in [1.54, 1.807) is 54.5 Å². The highest BCUT2D eigenvalue weighted by molar-refractivity contribution is 5.94. The molecule has 0 saturated heterocycles. The summed E-state index contributed by atoms with van der Waals surface area (Å²) >= 11 is 0. The van der Waals surface area contributed by atoms with E-state index in [0.29, 0.717) is 23.4 Å². The van der Waals surface area contributed by atoms with Crippen molar-refractivity contribution in [2.24, 2.45) is 7.05 Å². The van der Waals surface area contributed by atoms with Crippen LogP contribution in [0.1, 0.15) is 23.1 Å². The first-order valence-corrected chi connectivity index (χ1v) is 8.99. The van der Waals surface area contributed by atoms with Crippen LogP contribution < -0.4 is 5.32 Å². The standard InChI is InChI=1S/C18H19FN4O.C2HF3O2/c1-12(9-13-10-20-11-21-13)22-18(24)17-8-7-16(23(17)2)14-5-3-4-6-15(14)19;3-2(4,5)1(6)7/h3-8,10-12H,9H2,1-2H3,(H,20,21)(H,22,24);(H,6,7). The third kappa shape index (κ3) is 6.43. The second-order valence-corrected chi connectivity index (χ2v) is 6.60. The number of carboxylic acid groups (broad SMARTS) is 1. The van der Waals surface area contributed by atoms with E-state index in [1.807, 2.05) is 6.92 Å². The van der Waals surface area contributed by atoms with Crippen LogP contribution in [-0.4, -0.2) is 43.7 Å². The summed E-state index contributed by atoms with van der Waals surface area (Å²) in [5.74, 6) is -3.25. The van der Waals surface area contributed by atoms with Gasteiger partial charge in [-0.2, -0.15) is 13.2 Å². The number of nitrogens with one attached hydrogen (secondary N) is 2. The van der Waals surface area contributed by atoms with E-state index in [-0.39, 0.29) is 17.8 Å². The number of aromatic amines is 1. The lowest BCUT2D eigenvalue weighted by molar-refractivity contribution is -0.192. The Morgan fingerprint density at radius 1 is 1.23 bits per heavy atom. The Morgan fingerprint density at radius 3 is 2.42 bits per heavy atom. The lowest BCUT2D eigenvalue weighted by Crippen LogP contribution is -2.35. The van der Waals surface area contributed by atoms with Gasteiger partial charge in [0.25, 0.3) is 5.91 Å². The van der Waals surface area contributed by atoms with Crippen LogP contribution >= 0.6 is 0 Å². The molecule has 0 bridgehead atoms. The summed E-state index contributed by atoms with van der Waals surface area (Å²) in [6.07, 6.45) is -1.07. The van der Waals surface area contributed by atoms with Crippen molar-refractivity contribution in [3.05, 3.63) is 66.1 Å². The number of aliphatic carboxylic acids is 1. The Balaban J connectivity index is 0.000000423. The van der Waals surface area contributed by atoms with Crippen molar-refractivity contribution >= 4 is 11.9 Å². The summed E-state index contributed by atoms with van der Waals surface area (Å²) in [5, 5.41) is 10.1. The summed E-state index contributed by atoms with van der Waals surface area (Å²) in [6.45, 7) is 1.93. The van der Waals surface area contributed by atoms with E-state index >= 15 is 0 Å². The van der Waals surface area contributed by atoms with E-state index in [0.717, 1.165) is 5.69 Å². The fraction of sp³-hybridized carbons (Fsp3) is 0.250. The number of hydrogen-bond acceptors (Lipinski definition) is 3. The van der Waals surface area contributed by atoms with E-state index in [2.05, 4.69) is 15.3 Å². The zero-order chi connectivity index (χ0) is 23.2. The fourth-order valence-electron chi connectivity index (χ4n) is 2.75. The van der Waals surface area contributed by atoms with Crippen molar-refractivity contribution < 1.29 is 32.3 Å². The third-order valence-electron chi connectivity index (χ3n) is 4.21. The van der Waals surface area contributed by atoms with E-state index in [1.165, 1.54) is 6.07 Å². The summed E-state index contributed by atoms with van der Waals surface area (Å²) in [7, 11) is 1.76. The number of carboxylic acids is 1. The minimum atomic E-state index is -5.08. The first-order chi connectivity index (χ1) is 14.5. The Kier molecular flexibility index (Phi) is 7.56. The minimum Gasteiger partial charge on any atom is -0.475 e. The van der Waals surface area contributed by atoms with Gasteiger partial charge in [0, 0.05) is 37.0 Å². The van der Waals surface area contributed by atoms with Crippen LogP contribution in [0.15, 0.2) is 48.9 Å². The molecule has 1 aromatic carbocycles. The van der Waals surface area contributed by atoms with Crippen molar-refractivity contribution in [3.8, 4) is 11.3 Å². The lowest BCUT2D eigenvalue weighted by Gasteiger charge is -2.14. The average molecular weight is 440 g/mol. The van der Waals surface area contributed by atoms with Crippen LogP contribution in [0.4, 0.5) is 17.6 Å². The zero-order valence-corrected chi connectivity index (χ0v) is 16.6. The number of rotatable bonds is 5. The number of aromatic nitrogens is 3. The molecular weight excluding hydrogens is 420 g/mol. The predicted molar refractivity (Wildman–Crippen MR) is 104 cm³/mol. The molecule has 7 nitrogen and oxygen atoms in total. The van der Waals surface area contributed by atoms with Crippen LogP contribution in [0.2, 0.25) is 0 Å². The molecular formula is C20H20F4N4O3. The number of carbonyl (C=O) groups is 2. The quantitative estimate of drug-likeness (QED) is 0.529. The molecule has 0 aliphatic heterocycles. The second kappa shape index (κ2) is 9.92. The Morgan fingerprint density at radius 2 is 1.87 bits per heavy atom. The molecule has 0 fully saturated rings. The van der Waals surface area contributed by atoms with Crippen LogP contribution in [0.5, 0.6) is 0 Å². The molecule has 2 heterocycles. The fourth-order valence-corrected chi connectivity index (χ4v) is 2.75. The maximum atomic E-state index is 14.0. The lowest BCUT2D eigenvalue weighted by atomic mass is 10.1. The topological polar surface area (TPSA) is 100 Å². The molecule has 1 atom stereocenters. The summed E-state index contributed by atoms with van der Waals surface area (Å²) in [4.78, 5) is 28.4. The van der Waals surface area contributed by atoms with Gasteiger partial charge < -0.3 is 20.0 Å². The second-order valence-electron chi connectivity index (χ2n) is 6.60. The molecule has 1 unspecified atom stereocenters. The van der Waals surface area contributed by atoms with Crippen LogP contribution in [0.3, 0.4) is 0 Å². The van der Waals surface area contributed by atoms with E-state index < -0.39 is 12.1 Å². The monoisotopic (exact) mass is 440 g/mol. The Bertz CT molecular complexity index is 1030. The Hall–Kier alpha value is -3.63. The predicted octanol–water partition coefficient (Wildman–Crippen LogP) is 3.55. The molecule has 0 aliphatic rings. The normalized spacial score (nSPS) is 11.9. The first kappa shape index (κ1) is 23.6. The van der Waals surface area contributed by atoms with Gasteiger partial charge in [-0.15, -0.1) is 0 Å². The maximum absolute atomic E-state index is 14.0. The summed E-state index contributed by atoms with van der Waals surface area (Å²) in [6, 6.07) is 9.95. The SMILES string of the molecule is CC(Cc1cnc[nH]1)NC(=O)c1ccc(-c2ccccc2F)n1C.O=C(O)C(F)(F)F. The van der Waals surface area contributed by atoms with Crippen LogP contribution in [0.25, 0.3) is 11.3 Å². The van der Waals surface area contributed by atoms with Gasteiger partial charge in [0.05, 0.1) is 12.0 Å². The van der Waals surface area contributed by atoms with Crippen molar-refractivity contribution in [1.29, 1.82) is 0 Å². The number of nitrogens with zero attached hydrogens (tertiary/aromatic N) is 2. The number of hydrogen-bond donors (Lipinski definition) is 3. The van der Waals surface area contributed by atoms with Crippen LogP contribution in [-0.2, 0) is 18.3 Å². The van der Waals surface area contributed by atoms with Gasteiger partial charge >= 0.3 is 12.1 Å². The highest BCUT2D eigenvalue weighted by atomic mass is 19.4. The third-order valence-corrected chi connectivity index (χ3v) is 4.21. The highest BCUT2D eigenvalue weighted by Gasteiger charge is 2.38. The summed E-state index contributed by atoms with van der Waals surface area (Å²) in [5.41, 5.74) is 2.59. The largest absolute Gasteiger partial charge is 0.490 e. The Labute approximate surface area is 174 Å². The summed E-state index contributed by atoms with van der Waals surface area (Å²) < 4.78 is 47.4. The molecule has 31 heavy (non-hydrogen) atoms. The molecule has 166 valence electrons. The molecule has 3 rings (SSSR count). The van der Waals surface area contributed by atoms with Crippen molar-refractivity contribution in [2.45, 2.75) is 25.6 Å². The van der Waals surface area contributed by atoms with Gasteiger partial charge in [0.15, 0.2) is 0 Å². The number of H-pyrrole nitrogens is 1. The molecule has 3 aromatic rings. The van der Waals surface area contributed by atoms with Gasteiger partial charge in [0.2, 0.25) is 0 Å². The molecule has 3 N–H and O–H groups in total. The number of carbonyl (C=O) groups excluding carboxylic acids is 1.